The van der Waals surface area contributed by atoms with Crippen LogP contribution in [0.25, 0.3) is 10.9 Å². The van der Waals surface area contributed by atoms with E-state index in [1.807, 2.05) is 48.5 Å². The van der Waals surface area contributed by atoms with E-state index in [0.717, 1.165) is 22.3 Å². The third-order valence-corrected chi connectivity index (χ3v) is 4.07. The molecule has 4 aromatic rings. The maximum Gasteiger partial charge on any atom is 0.251 e. The third-order valence-electron chi connectivity index (χ3n) is 4.07. The predicted molar refractivity (Wildman–Crippen MR) is 105 cm³/mol. The average Bonchev–Trinajstić information content (AvgIpc) is 2.73. The van der Waals surface area contributed by atoms with Gasteiger partial charge in [-0.2, -0.15) is 0 Å². The molecule has 6 heteroatoms. The first-order valence-corrected chi connectivity index (χ1v) is 8.54. The van der Waals surface area contributed by atoms with E-state index < -0.39 is 0 Å². The minimum Gasteiger partial charge on any atom is -0.346 e. The first kappa shape index (κ1) is 16.7. The molecule has 0 spiro atoms. The van der Waals surface area contributed by atoms with Crippen LogP contribution in [0.2, 0.25) is 0 Å². The van der Waals surface area contributed by atoms with Crippen LogP contribution in [-0.4, -0.2) is 20.9 Å². The Balaban J connectivity index is 1.51. The second-order valence-corrected chi connectivity index (χ2v) is 5.94. The summed E-state index contributed by atoms with van der Waals surface area (Å²) in [5.41, 5.74) is 3.02. The Morgan fingerprint density at radius 2 is 1.74 bits per heavy atom. The Hall–Kier alpha value is -3.80. The van der Waals surface area contributed by atoms with Gasteiger partial charge in [-0.1, -0.05) is 24.3 Å². The molecule has 0 bridgehead atoms. The molecule has 4 rings (SSSR count). The summed E-state index contributed by atoms with van der Waals surface area (Å²) in [5.74, 6) is 0.404. The van der Waals surface area contributed by atoms with Crippen LogP contribution >= 0.6 is 0 Å². The molecule has 0 aliphatic carbocycles. The lowest BCUT2D eigenvalue weighted by Crippen LogP contribution is -2.23. The molecular formula is C21H17N5O. The van der Waals surface area contributed by atoms with Gasteiger partial charge in [0.1, 0.15) is 5.82 Å². The SMILES string of the molecule is O=C(NCc1ccccn1)c1ccnc(Nc2cccc3cccnc23)c1. The van der Waals surface area contributed by atoms with E-state index >= 15 is 0 Å². The number of aromatic nitrogens is 3. The van der Waals surface area contributed by atoms with Crippen LogP contribution < -0.4 is 10.6 Å². The largest absolute Gasteiger partial charge is 0.346 e. The van der Waals surface area contributed by atoms with Gasteiger partial charge < -0.3 is 10.6 Å². The predicted octanol–water partition coefficient (Wildman–Crippen LogP) is 3.70. The Bertz CT molecular complexity index is 1080. The van der Waals surface area contributed by atoms with E-state index in [1.165, 1.54) is 0 Å². The molecule has 0 atom stereocenters. The zero-order chi connectivity index (χ0) is 18.5. The van der Waals surface area contributed by atoms with Gasteiger partial charge in [-0.15, -0.1) is 0 Å². The van der Waals surface area contributed by atoms with E-state index in [0.29, 0.717) is 17.9 Å². The highest BCUT2D eigenvalue weighted by Crippen LogP contribution is 2.23. The molecule has 1 aromatic carbocycles. The molecule has 27 heavy (non-hydrogen) atoms. The zero-order valence-electron chi connectivity index (χ0n) is 14.5. The van der Waals surface area contributed by atoms with Crippen molar-refractivity contribution in [2.45, 2.75) is 6.54 Å². The number of carbonyl (C=O) groups excluding carboxylic acids is 1. The average molecular weight is 355 g/mol. The van der Waals surface area contributed by atoms with Gasteiger partial charge in [0.05, 0.1) is 23.4 Å². The van der Waals surface area contributed by atoms with Crippen LogP contribution in [0.5, 0.6) is 0 Å². The molecule has 3 aromatic heterocycles. The maximum absolute atomic E-state index is 12.4. The van der Waals surface area contributed by atoms with Crippen LogP contribution in [-0.2, 0) is 6.54 Å². The highest BCUT2D eigenvalue weighted by molar-refractivity contribution is 5.95. The fraction of sp³-hybridized carbons (Fsp3) is 0.0476. The Labute approximate surface area is 156 Å². The Morgan fingerprint density at radius 3 is 2.63 bits per heavy atom. The number of anilines is 2. The summed E-state index contributed by atoms with van der Waals surface area (Å²) in [6, 6.07) is 18.8. The number of benzene rings is 1. The number of amides is 1. The molecule has 3 heterocycles. The minimum atomic E-state index is -0.179. The van der Waals surface area contributed by atoms with Crippen LogP contribution in [0.15, 0.2) is 79.3 Å². The van der Waals surface area contributed by atoms with Gasteiger partial charge in [0.2, 0.25) is 0 Å². The van der Waals surface area contributed by atoms with Crippen molar-refractivity contribution in [3.8, 4) is 0 Å². The summed E-state index contributed by atoms with van der Waals surface area (Å²) in [6.07, 6.45) is 5.06. The smallest absolute Gasteiger partial charge is 0.251 e. The number of hydrogen-bond donors (Lipinski definition) is 2. The fourth-order valence-corrected chi connectivity index (χ4v) is 2.76. The van der Waals surface area contributed by atoms with Gasteiger partial charge in [0.15, 0.2) is 0 Å². The first-order chi connectivity index (χ1) is 13.3. The molecule has 2 N–H and O–H groups in total. The van der Waals surface area contributed by atoms with Crippen molar-refractivity contribution >= 4 is 28.3 Å². The molecule has 0 saturated carbocycles. The normalized spacial score (nSPS) is 10.5. The Kier molecular flexibility index (Phi) is 4.70. The number of para-hydroxylation sites is 1. The van der Waals surface area contributed by atoms with Crippen molar-refractivity contribution in [1.29, 1.82) is 0 Å². The topological polar surface area (TPSA) is 79.8 Å². The van der Waals surface area contributed by atoms with E-state index in [4.69, 9.17) is 0 Å². The number of nitrogens with one attached hydrogen (secondary N) is 2. The molecule has 0 radical (unpaired) electrons. The molecule has 1 amide bonds. The molecule has 0 fully saturated rings. The summed E-state index contributed by atoms with van der Waals surface area (Å²) in [6.45, 7) is 0.373. The number of nitrogens with zero attached hydrogens (tertiary/aromatic N) is 3. The Morgan fingerprint density at radius 1 is 0.852 bits per heavy atom. The van der Waals surface area contributed by atoms with Gasteiger partial charge >= 0.3 is 0 Å². The molecule has 0 aliphatic heterocycles. The number of carbonyl (C=O) groups is 1. The quantitative estimate of drug-likeness (QED) is 0.571. The summed E-state index contributed by atoms with van der Waals surface area (Å²) < 4.78 is 0. The van der Waals surface area contributed by atoms with Crippen molar-refractivity contribution in [2.24, 2.45) is 0 Å². The number of hydrogen-bond acceptors (Lipinski definition) is 5. The zero-order valence-corrected chi connectivity index (χ0v) is 14.5. The molecular weight excluding hydrogens is 338 g/mol. The van der Waals surface area contributed by atoms with E-state index in [-0.39, 0.29) is 5.91 Å². The van der Waals surface area contributed by atoms with Gasteiger partial charge in [-0.05, 0) is 36.4 Å². The summed E-state index contributed by atoms with van der Waals surface area (Å²) in [4.78, 5) is 25.4. The van der Waals surface area contributed by atoms with Crippen molar-refractivity contribution in [3.05, 3.63) is 90.5 Å². The summed E-state index contributed by atoms with van der Waals surface area (Å²) in [5, 5.41) is 7.15. The van der Waals surface area contributed by atoms with E-state index in [9.17, 15) is 4.79 Å². The highest BCUT2D eigenvalue weighted by atomic mass is 16.1. The number of fused-ring (bicyclic) bond motifs is 1. The van der Waals surface area contributed by atoms with Crippen molar-refractivity contribution in [2.75, 3.05) is 5.32 Å². The van der Waals surface area contributed by atoms with Crippen molar-refractivity contribution in [3.63, 3.8) is 0 Å². The second-order valence-electron chi connectivity index (χ2n) is 5.94. The summed E-state index contributed by atoms with van der Waals surface area (Å²) in [7, 11) is 0. The summed E-state index contributed by atoms with van der Waals surface area (Å²) >= 11 is 0. The second kappa shape index (κ2) is 7.61. The van der Waals surface area contributed by atoms with Gasteiger partial charge in [0.25, 0.3) is 5.91 Å². The highest BCUT2D eigenvalue weighted by Gasteiger charge is 2.08. The molecule has 0 unspecified atom stereocenters. The monoisotopic (exact) mass is 355 g/mol. The van der Waals surface area contributed by atoms with Crippen molar-refractivity contribution in [1.82, 2.24) is 20.3 Å². The van der Waals surface area contributed by atoms with Crippen LogP contribution in [0.3, 0.4) is 0 Å². The van der Waals surface area contributed by atoms with Crippen LogP contribution in [0.1, 0.15) is 16.1 Å². The molecule has 132 valence electrons. The standard InChI is InChI=1S/C21H17N5O/c27-21(25-14-17-7-1-2-10-22-17)16-9-12-23-19(13-16)26-18-8-3-5-15-6-4-11-24-20(15)18/h1-13H,14H2,(H,23,26)(H,25,27). The van der Waals surface area contributed by atoms with Gasteiger partial charge in [-0.25, -0.2) is 4.98 Å². The lowest BCUT2D eigenvalue weighted by atomic mass is 10.2. The first-order valence-electron chi connectivity index (χ1n) is 8.54. The van der Waals surface area contributed by atoms with E-state index in [1.54, 1.807) is 30.7 Å². The number of rotatable bonds is 5. The molecule has 0 aliphatic rings. The van der Waals surface area contributed by atoms with Crippen LogP contribution in [0.4, 0.5) is 11.5 Å². The fourth-order valence-electron chi connectivity index (χ4n) is 2.76. The van der Waals surface area contributed by atoms with Crippen molar-refractivity contribution < 1.29 is 4.79 Å². The molecule has 6 nitrogen and oxygen atoms in total. The van der Waals surface area contributed by atoms with Gasteiger partial charge in [0, 0.05) is 29.5 Å². The third kappa shape index (κ3) is 3.90. The van der Waals surface area contributed by atoms with Gasteiger partial charge in [-0.3, -0.25) is 14.8 Å². The minimum absolute atomic E-state index is 0.179. The van der Waals surface area contributed by atoms with Crippen LogP contribution in [0, 0.1) is 0 Å². The number of pyridine rings is 3. The lowest BCUT2D eigenvalue weighted by Gasteiger charge is -2.10. The maximum atomic E-state index is 12.4. The molecule has 0 saturated heterocycles. The van der Waals surface area contributed by atoms with E-state index in [2.05, 4.69) is 25.6 Å². The lowest BCUT2D eigenvalue weighted by molar-refractivity contribution is 0.0950.